The number of benzene rings is 3. The Morgan fingerprint density at radius 2 is 1.52 bits per heavy atom. The lowest BCUT2D eigenvalue weighted by molar-refractivity contribution is -0.117. The van der Waals surface area contributed by atoms with Gasteiger partial charge in [-0.05, 0) is 60.5 Å². The summed E-state index contributed by atoms with van der Waals surface area (Å²) in [6, 6.07) is 21.9. The van der Waals surface area contributed by atoms with Crippen LogP contribution in [-0.2, 0) is 4.79 Å². The number of aromatic nitrogens is 2. The van der Waals surface area contributed by atoms with E-state index in [9.17, 15) is 9.59 Å². The molecule has 1 N–H and O–H groups in total. The maximum atomic E-state index is 13.4. The summed E-state index contributed by atoms with van der Waals surface area (Å²) in [5.74, 6) is 1.85. The Morgan fingerprint density at radius 3 is 2.17 bits per heavy atom. The van der Waals surface area contributed by atoms with E-state index in [2.05, 4.69) is 5.32 Å². The fourth-order valence-corrected chi connectivity index (χ4v) is 4.27. The van der Waals surface area contributed by atoms with Gasteiger partial charge in [-0.15, -0.1) is 0 Å². The van der Waals surface area contributed by atoms with Crippen LogP contribution < -0.4 is 19.5 Å². The minimum absolute atomic E-state index is 0.141. The highest BCUT2D eigenvalue weighted by molar-refractivity contribution is 5.99. The molecule has 4 rings (SSSR count). The summed E-state index contributed by atoms with van der Waals surface area (Å²) in [6.45, 7) is 4.27. The molecule has 0 fully saturated rings. The smallest absolute Gasteiger partial charge is 0.254 e. The summed E-state index contributed by atoms with van der Waals surface area (Å²) < 4.78 is 17.7. The van der Waals surface area contributed by atoms with Crippen LogP contribution in [0.15, 0.2) is 79.0 Å². The lowest BCUT2D eigenvalue weighted by atomic mass is 10.1. The Labute approximate surface area is 234 Å². The predicted molar refractivity (Wildman–Crippen MR) is 154 cm³/mol. The van der Waals surface area contributed by atoms with Crippen molar-refractivity contribution >= 4 is 17.8 Å². The highest BCUT2D eigenvalue weighted by Gasteiger charge is 2.22. The first-order valence-corrected chi connectivity index (χ1v) is 12.9. The maximum Gasteiger partial charge on any atom is 0.254 e. The van der Waals surface area contributed by atoms with Crippen molar-refractivity contribution in [2.75, 3.05) is 39.7 Å². The van der Waals surface area contributed by atoms with Gasteiger partial charge in [0.2, 0.25) is 11.9 Å². The lowest BCUT2D eigenvalue weighted by Crippen LogP contribution is -2.40. The Balaban J connectivity index is 1.63. The van der Waals surface area contributed by atoms with Gasteiger partial charge in [-0.25, -0.2) is 4.98 Å². The van der Waals surface area contributed by atoms with E-state index in [4.69, 9.17) is 19.2 Å². The molecular formula is C31H34N4O5. The van der Waals surface area contributed by atoms with Crippen LogP contribution in [0.25, 0.3) is 16.9 Å². The van der Waals surface area contributed by atoms with Gasteiger partial charge in [-0.3, -0.25) is 19.5 Å². The molecule has 0 saturated heterocycles. The maximum absolute atomic E-state index is 13.4. The summed E-state index contributed by atoms with van der Waals surface area (Å²) in [5, 5.41) is 2.92. The van der Waals surface area contributed by atoms with Gasteiger partial charge >= 0.3 is 0 Å². The number of ether oxygens (including phenoxy) is 3. The van der Waals surface area contributed by atoms with Gasteiger partial charge in [-0.2, -0.15) is 0 Å². The molecule has 0 unspecified atom stereocenters. The number of methoxy groups -OCH3 is 3. The van der Waals surface area contributed by atoms with Crippen LogP contribution in [0.2, 0.25) is 0 Å². The minimum atomic E-state index is -0.366. The molecule has 0 saturated carbocycles. The molecule has 0 spiro atoms. The van der Waals surface area contributed by atoms with E-state index in [-0.39, 0.29) is 24.3 Å². The zero-order chi connectivity index (χ0) is 28.6. The zero-order valence-corrected chi connectivity index (χ0v) is 23.4. The fraction of sp³-hybridized carbons (Fsp3) is 0.258. The van der Waals surface area contributed by atoms with Crippen LogP contribution in [0.4, 0.5) is 5.95 Å². The third kappa shape index (κ3) is 6.79. The molecule has 208 valence electrons. The van der Waals surface area contributed by atoms with Crippen molar-refractivity contribution in [3.63, 3.8) is 0 Å². The third-order valence-electron chi connectivity index (χ3n) is 6.20. The number of carbonyl (C=O) groups excluding carboxylic acids is 2. The van der Waals surface area contributed by atoms with Crippen LogP contribution in [0.1, 0.15) is 24.2 Å². The quantitative estimate of drug-likeness (QED) is 0.276. The first kappa shape index (κ1) is 28.2. The zero-order valence-electron chi connectivity index (χ0n) is 23.4. The van der Waals surface area contributed by atoms with Crippen LogP contribution in [-0.4, -0.2) is 60.7 Å². The third-order valence-corrected chi connectivity index (χ3v) is 6.20. The van der Waals surface area contributed by atoms with Crippen molar-refractivity contribution in [1.82, 2.24) is 14.5 Å². The standard InChI is InChI=1S/C31H34N4O5/c1-21(2)18-34(30(37)23-9-7-11-27(17-23)40-5)20-29(36)33-31-32-28(22-8-6-10-26(16-22)39-4)19-35(31)24-12-14-25(38-3)15-13-24/h6-17,19,21H,18,20H2,1-5H3,(H,32,33,36). The number of nitrogens with one attached hydrogen (secondary N) is 1. The van der Waals surface area contributed by atoms with Crippen molar-refractivity contribution in [2.24, 2.45) is 5.92 Å². The highest BCUT2D eigenvalue weighted by atomic mass is 16.5. The van der Waals surface area contributed by atoms with Gasteiger partial charge in [-0.1, -0.05) is 32.0 Å². The van der Waals surface area contributed by atoms with E-state index in [1.807, 2.05) is 68.6 Å². The van der Waals surface area contributed by atoms with E-state index in [0.29, 0.717) is 41.0 Å². The van der Waals surface area contributed by atoms with Gasteiger partial charge in [0.25, 0.3) is 5.91 Å². The second kappa shape index (κ2) is 12.8. The van der Waals surface area contributed by atoms with Crippen LogP contribution >= 0.6 is 0 Å². The molecule has 0 radical (unpaired) electrons. The second-order valence-electron chi connectivity index (χ2n) is 9.61. The van der Waals surface area contributed by atoms with Gasteiger partial charge in [0.05, 0.1) is 27.0 Å². The van der Waals surface area contributed by atoms with Crippen molar-refractivity contribution in [1.29, 1.82) is 0 Å². The van der Waals surface area contributed by atoms with E-state index in [1.165, 1.54) is 0 Å². The van der Waals surface area contributed by atoms with E-state index >= 15 is 0 Å². The van der Waals surface area contributed by atoms with Crippen LogP contribution in [0, 0.1) is 5.92 Å². The van der Waals surface area contributed by atoms with Crippen molar-refractivity contribution in [3.05, 3.63) is 84.6 Å². The monoisotopic (exact) mass is 542 g/mol. The topological polar surface area (TPSA) is 94.9 Å². The van der Waals surface area contributed by atoms with Crippen molar-refractivity contribution in [2.45, 2.75) is 13.8 Å². The fourth-order valence-electron chi connectivity index (χ4n) is 4.27. The van der Waals surface area contributed by atoms with Crippen molar-refractivity contribution in [3.8, 4) is 34.2 Å². The molecule has 9 nitrogen and oxygen atoms in total. The number of nitrogens with zero attached hydrogens (tertiary/aromatic N) is 3. The Hall–Kier alpha value is -4.79. The summed E-state index contributed by atoms with van der Waals surface area (Å²) in [6.07, 6.45) is 1.85. The first-order chi connectivity index (χ1) is 19.3. The average molecular weight is 543 g/mol. The lowest BCUT2D eigenvalue weighted by Gasteiger charge is -2.24. The van der Waals surface area contributed by atoms with Gasteiger partial charge in [0.15, 0.2) is 0 Å². The van der Waals surface area contributed by atoms with E-state index in [1.54, 1.807) is 55.1 Å². The number of amides is 2. The predicted octanol–water partition coefficient (Wildman–Crippen LogP) is 5.30. The first-order valence-electron chi connectivity index (χ1n) is 12.9. The molecule has 1 heterocycles. The van der Waals surface area contributed by atoms with Crippen molar-refractivity contribution < 1.29 is 23.8 Å². The molecule has 2 amide bonds. The molecule has 0 atom stereocenters. The number of rotatable bonds is 11. The molecule has 4 aromatic rings. The SMILES string of the molecule is COc1ccc(-n2cc(-c3cccc(OC)c3)nc2NC(=O)CN(CC(C)C)C(=O)c2cccc(OC)c2)cc1. The van der Waals surface area contributed by atoms with Gasteiger partial charge in [0.1, 0.15) is 23.8 Å². The van der Waals surface area contributed by atoms with E-state index in [0.717, 1.165) is 11.3 Å². The molecule has 0 aliphatic heterocycles. The Kier molecular flexibility index (Phi) is 9.06. The van der Waals surface area contributed by atoms with Gasteiger partial charge < -0.3 is 19.1 Å². The van der Waals surface area contributed by atoms with Crippen LogP contribution in [0.3, 0.4) is 0 Å². The Bertz CT molecular complexity index is 1460. The largest absolute Gasteiger partial charge is 0.497 e. The molecule has 9 heteroatoms. The molecule has 3 aromatic carbocycles. The molecule has 40 heavy (non-hydrogen) atoms. The average Bonchev–Trinajstić information content (AvgIpc) is 3.39. The molecule has 0 bridgehead atoms. The minimum Gasteiger partial charge on any atom is -0.497 e. The van der Waals surface area contributed by atoms with Gasteiger partial charge in [0, 0.05) is 29.6 Å². The highest BCUT2D eigenvalue weighted by Crippen LogP contribution is 2.28. The second-order valence-corrected chi connectivity index (χ2v) is 9.61. The van der Waals surface area contributed by atoms with Crippen LogP contribution in [0.5, 0.6) is 17.2 Å². The number of hydrogen-bond donors (Lipinski definition) is 1. The molecular weight excluding hydrogens is 508 g/mol. The Morgan fingerprint density at radius 1 is 0.875 bits per heavy atom. The number of imidazole rings is 1. The molecule has 0 aliphatic carbocycles. The number of hydrogen-bond acceptors (Lipinski definition) is 6. The number of anilines is 1. The summed E-state index contributed by atoms with van der Waals surface area (Å²) >= 11 is 0. The normalized spacial score (nSPS) is 10.8. The summed E-state index contributed by atoms with van der Waals surface area (Å²) in [5.41, 5.74) is 2.71. The van der Waals surface area contributed by atoms with E-state index < -0.39 is 0 Å². The molecule has 0 aliphatic rings. The summed E-state index contributed by atoms with van der Waals surface area (Å²) in [7, 11) is 4.76. The number of carbonyl (C=O) groups is 2. The molecule has 1 aromatic heterocycles. The summed E-state index contributed by atoms with van der Waals surface area (Å²) in [4.78, 5) is 33.0.